The molecule has 0 radical (unpaired) electrons. The van der Waals surface area contributed by atoms with Gasteiger partial charge in [-0.15, -0.1) is 0 Å². The SMILES string of the molecule is CNC(=O)c1cccc(P2OC(C)(C)C(C)(C)O2)c1C. The number of amides is 1. The van der Waals surface area contributed by atoms with Crippen molar-refractivity contribution in [2.45, 2.75) is 45.8 Å². The van der Waals surface area contributed by atoms with E-state index in [1.807, 2.05) is 52.8 Å². The van der Waals surface area contributed by atoms with Gasteiger partial charge in [0.05, 0.1) is 11.2 Å². The first-order valence-corrected chi connectivity index (χ1v) is 7.87. The number of carbonyl (C=O) groups excluding carboxylic acids is 1. The van der Waals surface area contributed by atoms with Crippen LogP contribution in [0.25, 0.3) is 0 Å². The second kappa shape index (κ2) is 5.10. The standard InChI is InChI=1S/C15H22NO3P/c1-10-11(13(17)16-6)8-7-9-12(10)20-18-14(2,3)15(4,5)19-20/h7-9H,1-6H3,(H,16,17). The molecule has 1 N–H and O–H groups in total. The van der Waals surface area contributed by atoms with Crippen molar-refractivity contribution in [2.75, 3.05) is 7.05 Å². The van der Waals surface area contributed by atoms with Crippen LogP contribution < -0.4 is 10.6 Å². The van der Waals surface area contributed by atoms with Gasteiger partial charge in [0.2, 0.25) is 8.38 Å². The first kappa shape index (κ1) is 15.4. The lowest BCUT2D eigenvalue weighted by Crippen LogP contribution is -2.41. The van der Waals surface area contributed by atoms with E-state index in [-0.39, 0.29) is 17.1 Å². The highest BCUT2D eigenvalue weighted by Crippen LogP contribution is 2.57. The minimum absolute atomic E-state index is 0.0860. The minimum Gasteiger partial charge on any atom is -0.355 e. The summed E-state index contributed by atoms with van der Waals surface area (Å²) in [6.07, 6.45) is 0. The second-order valence-electron chi connectivity index (χ2n) is 5.99. The molecule has 0 aromatic heterocycles. The van der Waals surface area contributed by atoms with Gasteiger partial charge >= 0.3 is 0 Å². The highest BCUT2D eigenvalue weighted by molar-refractivity contribution is 7.56. The maximum atomic E-state index is 11.9. The summed E-state index contributed by atoms with van der Waals surface area (Å²) in [4.78, 5) is 11.9. The molecule has 0 spiro atoms. The van der Waals surface area contributed by atoms with Gasteiger partial charge < -0.3 is 14.4 Å². The average Bonchev–Trinajstić information content (AvgIpc) is 2.57. The van der Waals surface area contributed by atoms with Gasteiger partial charge in [-0.25, -0.2) is 0 Å². The summed E-state index contributed by atoms with van der Waals surface area (Å²) in [6, 6.07) is 5.67. The lowest BCUT2D eigenvalue weighted by atomic mass is 9.90. The normalized spacial score (nSPS) is 20.9. The smallest absolute Gasteiger partial charge is 0.251 e. The van der Waals surface area contributed by atoms with Crippen LogP contribution in [0.2, 0.25) is 0 Å². The van der Waals surface area contributed by atoms with Crippen LogP contribution in [0.3, 0.4) is 0 Å². The summed E-state index contributed by atoms with van der Waals surface area (Å²) in [5.41, 5.74) is 0.885. The van der Waals surface area contributed by atoms with E-state index in [0.717, 1.165) is 10.9 Å². The van der Waals surface area contributed by atoms with Crippen molar-refractivity contribution in [3.8, 4) is 0 Å². The largest absolute Gasteiger partial charge is 0.355 e. The zero-order valence-electron chi connectivity index (χ0n) is 12.9. The first-order valence-electron chi connectivity index (χ1n) is 6.70. The van der Waals surface area contributed by atoms with Gasteiger partial charge in [0, 0.05) is 17.9 Å². The first-order chi connectivity index (χ1) is 9.19. The third kappa shape index (κ3) is 2.48. The summed E-state index contributed by atoms with van der Waals surface area (Å²) in [6.45, 7) is 10.1. The van der Waals surface area contributed by atoms with Gasteiger partial charge in [-0.05, 0) is 52.3 Å². The number of hydrogen-bond donors (Lipinski definition) is 1. The van der Waals surface area contributed by atoms with Crippen molar-refractivity contribution in [3.63, 3.8) is 0 Å². The molecule has 110 valence electrons. The number of rotatable bonds is 2. The predicted molar refractivity (Wildman–Crippen MR) is 81.5 cm³/mol. The Kier molecular flexibility index (Phi) is 3.94. The van der Waals surface area contributed by atoms with Crippen molar-refractivity contribution in [3.05, 3.63) is 29.3 Å². The highest BCUT2D eigenvalue weighted by atomic mass is 31.2. The van der Waals surface area contributed by atoms with Crippen LogP contribution in [0.15, 0.2) is 18.2 Å². The van der Waals surface area contributed by atoms with Crippen molar-refractivity contribution in [2.24, 2.45) is 0 Å². The Hall–Kier alpha value is -0.960. The van der Waals surface area contributed by atoms with E-state index < -0.39 is 8.38 Å². The van der Waals surface area contributed by atoms with Crippen LogP contribution in [0.5, 0.6) is 0 Å². The van der Waals surface area contributed by atoms with Crippen molar-refractivity contribution in [1.82, 2.24) is 5.32 Å². The molecule has 2 rings (SSSR count). The Bertz CT molecular complexity index is 524. The molecule has 1 saturated heterocycles. The van der Waals surface area contributed by atoms with Crippen LogP contribution in [0.1, 0.15) is 43.6 Å². The number of carbonyl (C=O) groups is 1. The molecular weight excluding hydrogens is 273 g/mol. The Morgan fingerprint density at radius 3 is 2.20 bits per heavy atom. The third-order valence-corrected chi connectivity index (χ3v) is 6.17. The molecule has 0 aliphatic carbocycles. The maximum Gasteiger partial charge on any atom is 0.251 e. The number of nitrogens with one attached hydrogen (secondary N) is 1. The molecule has 0 unspecified atom stereocenters. The van der Waals surface area contributed by atoms with E-state index in [0.29, 0.717) is 5.56 Å². The average molecular weight is 295 g/mol. The predicted octanol–water partition coefficient (Wildman–Crippen LogP) is 2.90. The Balaban J connectivity index is 2.39. The fourth-order valence-corrected chi connectivity index (χ4v) is 4.06. The van der Waals surface area contributed by atoms with Crippen LogP contribution in [0, 0.1) is 6.92 Å². The summed E-state index contributed by atoms with van der Waals surface area (Å²) < 4.78 is 12.2. The summed E-state index contributed by atoms with van der Waals surface area (Å²) >= 11 is 0. The second-order valence-corrected chi connectivity index (χ2v) is 7.35. The topological polar surface area (TPSA) is 47.6 Å². The van der Waals surface area contributed by atoms with Crippen LogP contribution in [-0.2, 0) is 9.05 Å². The summed E-state index contributed by atoms with van der Waals surface area (Å²) in [7, 11) is 0.471. The molecule has 5 heteroatoms. The molecule has 1 aromatic rings. The van der Waals surface area contributed by atoms with Gasteiger partial charge in [-0.2, -0.15) is 0 Å². The fraction of sp³-hybridized carbons (Fsp3) is 0.533. The van der Waals surface area contributed by atoms with E-state index in [4.69, 9.17) is 9.05 Å². The highest BCUT2D eigenvalue weighted by Gasteiger charge is 2.50. The van der Waals surface area contributed by atoms with Gasteiger partial charge in [0.15, 0.2) is 0 Å². The lowest BCUT2D eigenvalue weighted by Gasteiger charge is -2.29. The molecule has 1 fully saturated rings. The van der Waals surface area contributed by atoms with Crippen LogP contribution in [0.4, 0.5) is 0 Å². The molecule has 1 aliphatic heterocycles. The Morgan fingerprint density at radius 1 is 1.15 bits per heavy atom. The van der Waals surface area contributed by atoms with Gasteiger partial charge in [-0.1, -0.05) is 6.07 Å². The molecule has 1 amide bonds. The number of benzene rings is 1. The van der Waals surface area contributed by atoms with E-state index in [9.17, 15) is 4.79 Å². The molecule has 0 saturated carbocycles. The molecule has 0 bridgehead atoms. The Morgan fingerprint density at radius 2 is 1.70 bits per heavy atom. The lowest BCUT2D eigenvalue weighted by molar-refractivity contribution is 0.00578. The van der Waals surface area contributed by atoms with Gasteiger partial charge in [0.25, 0.3) is 5.91 Å². The van der Waals surface area contributed by atoms with Crippen molar-refractivity contribution < 1.29 is 13.8 Å². The third-order valence-electron chi connectivity index (χ3n) is 4.05. The van der Waals surface area contributed by atoms with Crippen LogP contribution in [-0.4, -0.2) is 24.2 Å². The summed E-state index contributed by atoms with van der Waals surface area (Å²) in [5, 5.41) is 3.63. The molecular formula is C15H22NO3P. The van der Waals surface area contributed by atoms with Crippen molar-refractivity contribution in [1.29, 1.82) is 0 Å². The maximum absolute atomic E-state index is 11.9. The van der Waals surface area contributed by atoms with Crippen LogP contribution >= 0.6 is 8.38 Å². The fourth-order valence-electron chi connectivity index (χ4n) is 1.95. The molecule has 20 heavy (non-hydrogen) atoms. The zero-order valence-corrected chi connectivity index (χ0v) is 13.8. The van der Waals surface area contributed by atoms with E-state index in [2.05, 4.69) is 5.32 Å². The summed E-state index contributed by atoms with van der Waals surface area (Å²) in [5.74, 6) is -0.0860. The van der Waals surface area contributed by atoms with E-state index >= 15 is 0 Å². The monoisotopic (exact) mass is 295 g/mol. The molecule has 1 heterocycles. The zero-order chi connectivity index (χ0) is 15.1. The number of hydrogen-bond acceptors (Lipinski definition) is 3. The van der Waals surface area contributed by atoms with E-state index in [1.54, 1.807) is 7.05 Å². The Labute approximate surface area is 121 Å². The molecule has 1 aliphatic rings. The van der Waals surface area contributed by atoms with Gasteiger partial charge in [0.1, 0.15) is 0 Å². The molecule has 0 atom stereocenters. The van der Waals surface area contributed by atoms with Gasteiger partial charge in [-0.3, -0.25) is 4.79 Å². The minimum atomic E-state index is -1.16. The molecule has 1 aromatic carbocycles. The van der Waals surface area contributed by atoms with E-state index in [1.165, 1.54) is 0 Å². The van der Waals surface area contributed by atoms with Crippen molar-refractivity contribution >= 4 is 19.6 Å². The quantitative estimate of drug-likeness (QED) is 0.853. The molecule has 4 nitrogen and oxygen atoms in total.